The van der Waals surface area contributed by atoms with E-state index in [4.69, 9.17) is 5.73 Å². The average molecular weight is 279 g/mol. The zero-order chi connectivity index (χ0) is 13.8. The van der Waals surface area contributed by atoms with Crippen LogP contribution < -0.4 is 17.0 Å². The third-order valence-corrected chi connectivity index (χ3v) is 3.66. The van der Waals surface area contributed by atoms with Crippen LogP contribution >= 0.6 is 11.3 Å². The van der Waals surface area contributed by atoms with E-state index < -0.39 is 5.56 Å². The van der Waals surface area contributed by atoms with E-state index in [1.54, 1.807) is 11.3 Å². The summed E-state index contributed by atoms with van der Waals surface area (Å²) in [5, 5.41) is 3.99. The van der Waals surface area contributed by atoms with E-state index in [-0.39, 0.29) is 11.4 Å². The van der Waals surface area contributed by atoms with Crippen molar-refractivity contribution in [2.45, 2.75) is 32.9 Å². The number of nitrogen functional groups attached to an aromatic ring is 1. The molecule has 2 aromatic heterocycles. The molecule has 0 bridgehead atoms. The number of aromatic nitrogens is 2. The Bertz CT molecular complexity index is 656. The molecular formula is C13H17N3O2S. The summed E-state index contributed by atoms with van der Waals surface area (Å²) in [6, 6.07) is 1.99. The normalized spacial score (nSPS) is 10.8. The molecule has 5 nitrogen and oxygen atoms in total. The lowest BCUT2D eigenvalue weighted by atomic mass is 10.2. The average Bonchev–Trinajstić information content (AvgIpc) is 2.89. The summed E-state index contributed by atoms with van der Waals surface area (Å²) < 4.78 is 2.73. The molecule has 0 unspecified atom stereocenters. The molecule has 0 aliphatic heterocycles. The van der Waals surface area contributed by atoms with Crippen LogP contribution in [0.5, 0.6) is 0 Å². The molecule has 6 heteroatoms. The van der Waals surface area contributed by atoms with Gasteiger partial charge in [0.25, 0.3) is 5.56 Å². The van der Waals surface area contributed by atoms with E-state index in [1.807, 2.05) is 23.8 Å². The fourth-order valence-corrected chi connectivity index (χ4v) is 2.65. The third kappa shape index (κ3) is 2.96. The van der Waals surface area contributed by atoms with Crippen molar-refractivity contribution in [3.05, 3.63) is 49.4 Å². The fourth-order valence-electron chi connectivity index (χ4n) is 1.95. The van der Waals surface area contributed by atoms with Gasteiger partial charge < -0.3 is 5.73 Å². The van der Waals surface area contributed by atoms with Crippen LogP contribution in [0.2, 0.25) is 0 Å². The molecule has 19 heavy (non-hydrogen) atoms. The van der Waals surface area contributed by atoms with Gasteiger partial charge in [-0.3, -0.25) is 13.9 Å². The van der Waals surface area contributed by atoms with E-state index in [0.717, 1.165) is 12.0 Å². The minimum absolute atomic E-state index is 0.123. The van der Waals surface area contributed by atoms with Crippen molar-refractivity contribution in [2.24, 2.45) is 0 Å². The van der Waals surface area contributed by atoms with Crippen molar-refractivity contribution in [2.75, 3.05) is 5.73 Å². The number of anilines is 1. The Kier molecular flexibility index (Phi) is 4.21. The zero-order valence-electron chi connectivity index (χ0n) is 10.8. The van der Waals surface area contributed by atoms with Crippen LogP contribution in [0.15, 0.2) is 32.6 Å². The van der Waals surface area contributed by atoms with Crippen LogP contribution in [0.1, 0.15) is 18.9 Å². The Balaban J connectivity index is 2.33. The Labute approximate surface area is 114 Å². The quantitative estimate of drug-likeness (QED) is 0.897. The Morgan fingerprint density at radius 1 is 1.32 bits per heavy atom. The van der Waals surface area contributed by atoms with Crippen molar-refractivity contribution >= 4 is 17.0 Å². The molecule has 2 N–H and O–H groups in total. The number of rotatable bonds is 5. The lowest BCUT2D eigenvalue weighted by Crippen LogP contribution is -2.41. The molecule has 0 aliphatic rings. The van der Waals surface area contributed by atoms with Crippen molar-refractivity contribution in [1.29, 1.82) is 0 Å². The second-order valence-electron chi connectivity index (χ2n) is 4.40. The fraction of sp³-hybridized carbons (Fsp3) is 0.385. The number of nitrogens with zero attached hydrogens (tertiary/aromatic N) is 2. The minimum atomic E-state index is -0.396. The lowest BCUT2D eigenvalue weighted by molar-refractivity contribution is 0.548. The van der Waals surface area contributed by atoms with Crippen LogP contribution in [0.25, 0.3) is 0 Å². The molecule has 2 rings (SSSR count). The Morgan fingerprint density at radius 3 is 2.74 bits per heavy atom. The highest BCUT2D eigenvalue weighted by Gasteiger charge is 2.09. The number of hydrogen-bond donors (Lipinski definition) is 1. The first-order chi connectivity index (χ1) is 9.13. The maximum absolute atomic E-state index is 12.2. The van der Waals surface area contributed by atoms with Gasteiger partial charge >= 0.3 is 5.69 Å². The second kappa shape index (κ2) is 5.88. The van der Waals surface area contributed by atoms with Gasteiger partial charge in [0.15, 0.2) is 0 Å². The van der Waals surface area contributed by atoms with Crippen LogP contribution in [-0.2, 0) is 19.5 Å². The summed E-state index contributed by atoms with van der Waals surface area (Å²) in [6.45, 7) is 2.91. The summed E-state index contributed by atoms with van der Waals surface area (Å²) in [5.41, 5.74) is 6.25. The molecule has 0 aliphatic carbocycles. The van der Waals surface area contributed by atoms with Gasteiger partial charge in [-0.1, -0.05) is 6.92 Å². The zero-order valence-corrected chi connectivity index (χ0v) is 11.7. The molecule has 0 aromatic carbocycles. The summed E-state index contributed by atoms with van der Waals surface area (Å²) in [4.78, 5) is 24.1. The van der Waals surface area contributed by atoms with E-state index in [2.05, 4.69) is 0 Å². The summed E-state index contributed by atoms with van der Waals surface area (Å²) in [6.07, 6.45) is 2.92. The van der Waals surface area contributed by atoms with Crippen molar-refractivity contribution in [1.82, 2.24) is 9.13 Å². The molecule has 0 amide bonds. The van der Waals surface area contributed by atoms with Gasteiger partial charge in [0.1, 0.15) is 5.69 Å². The van der Waals surface area contributed by atoms with Gasteiger partial charge in [-0.15, -0.1) is 0 Å². The summed E-state index contributed by atoms with van der Waals surface area (Å²) in [5.74, 6) is 0. The highest BCUT2D eigenvalue weighted by molar-refractivity contribution is 7.07. The topological polar surface area (TPSA) is 70.0 Å². The van der Waals surface area contributed by atoms with E-state index in [9.17, 15) is 9.59 Å². The van der Waals surface area contributed by atoms with Gasteiger partial charge in [0.2, 0.25) is 0 Å². The molecule has 102 valence electrons. The summed E-state index contributed by atoms with van der Waals surface area (Å²) >= 11 is 1.60. The van der Waals surface area contributed by atoms with Gasteiger partial charge in [0, 0.05) is 19.3 Å². The van der Waals surface area contributed by atoms with Crippen molar-refractivity contribution in [3.8, 4) is 0 Å². The highest BCUT2D eigenvalue weighted by Crippen LogP contribution is 2.06. The van der Waals surface area contributed by atoms with Crippen LogP contribution in [0.3, 0.4) is 0 Å². The molecular weight excluding hydrogens is 262 g/mol. The molecule has 0 saturated carbocycles. The van der Waals surface area contributed by atoms with E-state index in [1.165, 1.54) is 15.3 Å². The second-order valence-corrected chi connectivity index (χ2v) is 5.18. The predicted octanol–water partition coefficient (Wildman–Crippen LogP) is 1.31. The molecule has 0 saturated heterocycles. The van der Waals surface area contributed by atoms with Crippen LogP contribution in [0, 0.1) is 0 Å². The SMILES string of the molecule is CCCn1cc(N)c(=O)n(CCc2ccsc2)c1=O. The van der Waals surface area contributed by atoms with Gasteiger partial charge in [-0.2, -0.15) is 11.3 Å². The van der Waals surface area contributed by atoms with Gasteiger partial charge in [-0.25, -0.2) is 4.79 Å². The van der Waals surface area contributed by atoms with Crippen LogP contribution in [-0.4, -0.2) is 9.13 Å². The molecule has 2 heterocycles. The molecule has 0 radical (unpaired) electrons. The first-order valence-corrected chi connectivity index (χ1v) is 7.18. The first kappa shape index (κ1) is 13.6. The Morgan fingerprint density at radius 2 is 2.11 bits per heavy atom. The maximum Gasteiger partial charge on any atom is 0.331 e. The highest BCUT2D eigenvalue weighted by atomic mass is 32.1. The van der Waals surface area contributed by atoms with E-state index in [0.29, 0.717) is 19.5 Å². The maximum atomic E-state index is 12.2. The molecule has 2 aromatic rings. The summed E-state index contributed by atoms with van der Waals surface area (Å²) in [7, 11) is 0. The number of thiophene rings is 1. The first-order valence-electron chi connectivity index (χ1n) is 6.24. The standard InChI is InChI=1S/C13H17N3O2S/c1-2-5-15-8-11(14)12(17)16(13(15)18)6-3-10-4-7-19-9-10/h4,7-9H,2-3,5-6,14H2,1H3. The number of aryl methyl sites for hydroxylation is 2. The minimum Gasteiger partial charge on any atom is -0.393 e. The van der Waals surface area contributed by atoms with Gasteiger partial charge in [0.05, 0.1) is 0 Å². The molecule has 0 atom stereocenters. The molecule has 0 spiro atoms. The number of nitrogens with two attached hydrogens (primary N) is 1. The monoisotopic (exact) mass is 279 g/mol. The van der Waals surface area contributed by atoms with Crippen LogP contribution in [0.4, 0.5) is 5.69 Å². The van der Waals surface area contributed by atoms with Crippen molar-refractivity contribution in [3.63, 3.8) is 0 Å². The largest absolute Gasteiger partial charge is 0.393 e. The third-order valence-electron chi connectivity index (χ3n) is 2.93. The Hall–Kier alpha value is -1.82. The van der Waals surface area contributed by atoms with Crippen molar-refractivity contribution < 1.29 is 0 Å². The number of hydrogen-bond acceptors (Lipinski definition) is 4. The smallest absolute Gasteiger partial charge is 0.331 e. The van der Waals surface area contributed by atoms with E-state index >= 15 is 0 Å². The predicted molar refractivity (Wildman–Crippen MR) is 77.7 cm³/mol. The lowest BCUT2D eigenvalue weighted by Gasteiger charge is -2.10. The molecule has 0 fully saturated rings. The van der Waals surface area contributed by atoms with Gasteiger partial charge in [-0.05, 0) is 35.2 Å².